The van der Waals surface area contributed by atoms with Crippen LogP contribution in [0.1, 0.15) is 52.4 Å². The highest BCUT2D eigenvalue weighted by molar-refractivity contribution is 6.32. The highest BCUT2D eigenvalue weighted by Gasteiger charge is 2.40. The molecule has 1 atom stereocenters. The summed E-state index contributed by atoms with van der Waals surface area (Å²) < 4.78 is 0. The monoisotopic (exact) mass is 357 g/mol. The maximum absolute atomic E-state index is 12.7. The number of para-hydroxylation sites is 1. The van der Waals surface area contributed by atoms with Gasteiger partial charge in [0.25, 0.3) is 5.91 Å². The summed E-state index contributed by atoms with van der Waals surface area (Å²) in [7, 11) is 0. The third-order valence-corrected chi connectivity index (χ3v) is 4.44. The molecule has 2 rings (SSSR count). The van der Waals surface area contributed by atoms with Crippen molar-refractivity contribution >= 4 is 29.7 Å². The number of amides is 4. The molecule has 1 fully saturated rings. The van der Waals surface area contributed by atoms with Crippen molar-refractivity contribution in [3.63, 3.8) is 0 Å². The molecule has 26 heavy (non-hydrogen) atoms. The van der Waals surface area contributed by atoms with E-state index in [1.807, 2.05) is 0 Å². The third kappa shape index (κ3) is 5.00. The van der Waals surface area contributed by atoms with Gasteiger partial charge in [-0.1, -0.05) is 57.7 Å². The van der Waals surface area contributed by atoms with E-state index in [4.69, 9.17) is 0 Å². The van der Waals surface area contributed by atoms with Gasteiger partial charge in [-0.25, -0.2) is 9.69 Å². The molecular formula is C20H27N3O3. The van der Waals surface area contributed by atoms with E-state index >= 15 is 0 Å². The summed E-state index contributed by atoms with van der Waals surface area (Å²) in [5, 5.41) is 2.25. The first kappa shape index (κ1) is 19.8. The summed E-state index contributed by atoms with van der Waals surface area (Å²) in [5.41, 5.74) is 0.439. The number of nitrogens with one attached hydrogen (secondary N) is 1. The van der Waals surface area contributed by atoms with Crippen molar-refractivity contribution in [2.24, 2.45) is 10.9 Å². The molecule has 1 aromatic rings. The molecule has 1 aliphatic heterocycles. The van der Waals surface area contributed by atoms with E-state index in [-0.39, 0.29) is 6.04 Å². The predicted octanol–water partition coefficient (Wildman–Crippen LogP) is 3.71. The van der Waals surface area contributed by atoms with Gasteiger partial charge in [-0.2, -0.15) is 0 Å². The van der Waals surface area contributed by atoms with Gasteiger partial charge in [-0.15, -0.1) is 0 Å². The largest absolute Gasteiger partial charge is 0.335 e. The van der Waals surface area contributed by atoms with Crippen molar-refractivity contribution in [3.8, 4) is 0 Å². The van der Waals surface area contributed by atoms with Crippen LogP contribution in [0, 0.1) is 5.92 Å². The van der Waals surface area contributed by atoms with Crippen LogP contribution in [0.4, 0.5) is 10.5 Å². The molecule has 1 aromatic carbocycles. The number of hydrogen-bond donors (Lipinski definition) is 1. The molecule has 6 heteroatoms. The lowest BCUT2D eigenvalue weighted by Gasteiger charge is -2.28. The minimum absolute atomic E-state index is 0.110. The molecule has 0 bridgehead atoms. The molecule has 1 N–H and O–H groups in total. The minimum atomic E-state index is -1.07. The predicted molar refractivity (Wildman–Crippen MR) is 102 cm³/mol. The smallest absolute Gasteiger partial charge is 0.293 e. The third-order valence-electron chi connectivity index (χ3n) is 4.44. The number of benzene rings is 1. The van der Waals surface area contributed by atoms with Gasteiger partial charge >= 0.3 is 6.03 Å². The summed E-state index contributed by atoms with van der Waals surface area (Å²) >= 11 is 0. The summed E-state index contributed by atoms with van der Waals surface area (Å²) in [5.74, 6) is -2.24. The van der Waals surface area contributed by atoms with Gasteiger partial charge in [-0.3, -0.25) is 19.9 Å². The lowest BCUT2D eigenvalue weighted by Crippen LogP contribution is -2.58. The van der Waals surface area contributed by atoms with E-state index < -0.39 is 23.8 Å². The number of aliphatic imine (C=N–C) groups is 1. The van der Waals surface area contributed by atoms with E-state index in [0.29, 0.717) is 5.69 Å². The standard InChI is InChI=1S/C20H27N3O3/c1-3-5-10-15(11-6-4-2)21-14-17-18(24)22-20(26)23(19(17)25)16-12-8-7-9-13-16/h7-9,12-15,17H,3-6,10-11H2,1-2H3,(H,22,24,26). The van der Waals surface area contributed by atoms with Crippen LogP contribution in [0.2, 0.25) is 0 Å². The number of hydrogen-bond acceptors (Lipinski definition) is 4. The first-order valence-electron chi connectivity index (χ1n) is 9.35. The minimum Gasteiger partial charge on any atom is -0.293 e. The zero-order chi connectivity index (χ0) is 18.9. The summed E-state index contributed by atoms with van der Waals surface area (Å²) in [6.45, 7) is 4.25. The Hall–Kier alpha value is -2.50. The molecule has 1 heterocycles. The van der Waals surface area contributed by atoms with Gasteiger partial charge in [0.2, 0.25) is 5.91 Å². The van der Waals surface area contributed by atoms with Gasteiger partial charge < -0.3 is 0 Å². The fourth-order valence-corrected chi connectivity index (χ4v) is 2.92. The van der Waals surface area contributed by atoms with Crippen molar-refractivity contribution in [2.45, 2.75) is 58.4 Å². The quantitative estimate of drug-likeness (QED) is 0.540. The molecule has 0 saturated carbocycles. The molecule has 0 aliphatic carbocycles. The van der Waals surface area contributed by atoms with E-state index in [1.54, 1.807) is 30.3 Å². The highest BCUT2D eigenvalue weighted by atomic mass is 16.2. The second kappa shape index (κ2) is 9.85. The van der Waals surface area contributed by atoms with Gasteiger partial charge in [0.15, 0.2) is 5.92 Å². The number of carbonyl (C=O) groups excluding carboxylic acids is 3. The normalized spacial score (nSPS) is 18.0. The number of unbranched alkanes of at least 4 members (excludes halogenated alkanes) is 2. The molecular weight excluding hydrogens is 330 g/mol. The number of rotatable bonds is 9. The lowest BCUT2D eigenvalue weighted by atomic mass is 10.0. The second-order valence-corrected chi connectivity index (χ2v) is 6.52. The Labute approximate surface area is 154 Å². The van der Waals surface area contributed by atoms with Crippen molar-refractivity contribution < 1.29 is 14.4 Å². The zero-order valence-electron chi connectivity index (χ0n) is 15.5. The van der Waals surface area contributed by atoms with Crippen molar-refractivity contribution in [1.82, 2.24) is 5.32 Å². The first-order valence-corrected chi connectivity index (χ1v) is 9.35. The molecule has 1 unspecified atom stereocenters. The van der Waals surface area contributed by atoms with Crippen molar-refractivity contribution in [1.29, 1.82) is 0 Å². The van der Waals surface area contributed by atoms with E-state index in [2.05, 4.69) is 24.2 Å². The average molecular weight is 357 g/mol. The van der Waals surface area contributed by atoms with E-state index in [9.17, 15) is 14.4 Å². The van der Waals surface area contributed by atoms with Crippen LogP contribution in [0.5, 0.6) is 0 Å². The summed E-state index contributed by atoms with van der Waals surface area (Å²) in [6, 6.07) is 7.98. The molecule has 0 spiro atoms. The molecule has 1 aliphatic rings. The Balaban J connectivity index is 2.16. The van der Waals surface area contributed by atoms with E-state index in [1.165, 1.54) is 6.21 Å². The van der Waals surface area contributed by atoms with Crippen molar-refractivity contribution in [3.05, 3.63) is 30.3 Å². The molecule has 1 saturated heterocycles. The summed E-state index contributed by atoms with van der Waals surface area (Å²) in [6.07, 6.45) is 7.59. The van der Waals surface area contributed by atoms with Crippen LogP contribution < -0.4 is 10.2 Å². The molecule has 6 nitrogen and oxygen atoms in total. The zero-order valence-corrected chi connectivity index (χ0v) is 15.5. The Bertz CT molecular complexity index is 650. The van der Waals surface area contributed by atoms with Crippen LogP contribution in [0.25, 0.3) is 0 Å². The van der Waals surface area contributed by atoms with Gasteiger partial charge in [0.05, 0.1) is 5.69 Å². The van der Waals surface area contributed by atoms with Crippen LogP contribution in [0.3, 0.4) is 0 Å². The Kier molecular flexibility index (Phi) is 7.51. The molecule has 0 aromatic heterocycles. The Morgan fingerprint density at radius 1 is 1.08 bits per heavy atom. The topological polar surface area (TPSA) is 78.8 Å². The van der Waals surface area contributed by atoms with Gasteiger partial charge in [0, 0.05) is 12.3 Å². The number of carbonyl (C=O) groups is 3. The Morgan fingerprint density at radius 3 is 2.27 bits per heavy atom. The molecule has 0 radical (unpaired) electrons. The number of barbiturate groups is 1. The molecule has 140 valence electrons. The number of nitrogens with zero attached hydrogens (tertiary/aromatic N) is 2. The van der Waals surface area contributed by atoms with Crippen LogP contribution >= 0.6 is 0 Å². The van der Waals surface area contributed by atoms with E-state index in [0.717, 1.165) is 43.4 Å². The van der Waals surface area contributed by atoms with Crippen LogP contribution in [0.15, 0.2) is 35.3 Å². The van der Waals surface area contributed by atoms with Crippen molar-refractivity contribution in [2.75, 3.05) is 4.90 Å². The summed E-state index contributed by atoms with van der Waals surface area (Å²) in [4.78, 5) is 42.5. The van der Waals surface area contributed by atoms with Gasteiger partial charge in [0.1, 0.15) is 0 Å². The molecule has 4 amide bonds. The van der Waals surface area contributed by atoms with Gasteiger partial charge in [-0.05, 0) is 25.0 Å². The average Bonchev–Trinajstić information content (AvgIpc) is 2.63. The number of anilines is 1. The second-order valence-electron chi connectivity index (χ2n) is 6.52. The number of imide groups is 2. The number of urea groups is 1. The highest BCUT2D eigenvalue weighted by Crippen LogP contribution is 2.20. The SMILES string of the molecule is CCCCC(CCCC)N=CC1C(=O)NC(=O)N(c2ccccc2)C1=O. The maximum Gasteiger partial charge on any atom is 0.335 e. The fraction of sp³-hybridized carbons (Fsp3) is 0.500. The lowest BCUT2D eigenvalue weighted by molar-refractivity contribution is -0.131. The maximum atomic E-state index is 12.7. The van der Waals surface area contributed by atoms with Crippen LogP contribution in [-0.2, 0) is 9.59 Å². The first-order chi connectivity index (χ1) is 12.6. The van der Waals surface area contributed by atoms with Crippen LogP contribution in [-0.4, -0.2) is 30.1 Å². The fourth-order valence-electron chi connectivity index (χ4n) is 2.92. The Morgan fingerprint density at radius 2 is 1.69 bits per heavy atom.